The second-order valence-corrected chi connectivity index (χ2v) is 12.7. The Hall–Kier alpha value is -4.15. The number of fused-ring (bicyclic) bond motifs is 1. The van der Waals surface area contributed by atoms with Crippen LogP contribution in [0.4, 0.5) is 4.79 Å². The van der Waals surface area contributed by atoms with Gasteiger partial charge in [-0.15, -0.1) is 0 Å². The Balaban J connectivity index is 1.57. The lowest BCUT2D eigenvalue weighted by atomic mass is 9.87. The second-order valence-electron chi connectivity index (χ2n) is 12.7. The molecule has 0 aromatic heterocycles. The summed E-state index contributed by atoms with van der Waals surface area (Å²) in [6.45, 7) is 11.3. The van der Waals surface area contributed by atoms with E-state index in [0.717, 1.165) is 16.3 Å². The van der Waals surface area contributed by atoms with E-state index in [-0.39, 0.29) is 30.2 Å². The average molecular weight is 611 g/mol. The number of esters is 1. The number of amides is 4. The lowest BCUT2D eigenvalue weighted by Crippen LogP contribution is -2.54. The SMILES string of the molecule is CC(C)C[C@@H]1C(=O)O[C@H]1C(=O)NCCCC[C@H](NC(=O)[C@H](C)NC(=O)OC(C)(C)C)C(=O)NCc1cccc2ccccc12. The molecule has 4 atom stereocenters. The van der Waals surface area contributed by atoms with Crippen LogP contribution in [0, 0.1) is 11.8 Å². The highest BCUT2D eigenvalue weighted by Crippen LogP contribution is 2.29. The highest BCUT2D eigenvalue weighted by atomic mass is 16.6. The number of unbranched alkanes of at least 4 members (excludes halogenated alkanes) is 1. The summed E-state index contributed by atoms with van der Waals surface area (Å²) in [5.74, 6) is -1.71. The van der Waals surface area contributed by atoms with E-state index in [1.54, 1.807) is 20.8 Å². The fraction of sp³-hybridized carbons (Fsp3) is 0.545. The van der Waals surface area contributed by atoms with Crippen LogP contribution in [0.15, 0.2) is 42.5 Å². The first-order valence-corrected chi connectivity index (χ1v) is 15.3. The Morgan fingerprint density at radius 2 is 1.61 bits per heavy atom. The van der Waals surface area contributed by atoms with E-state index in [1.165, 1.54) is 6.92 Å². The normalized spacial score (nSPS) is 17.6. The van der Waals surface area contributed by atoms with E-state index in [2.05, 4.69) is 21.3 Å². The van der Waals surface area contributed by atoms with Crippen molar-refractivity contribution in [1.82, 2.24) is 21.3 Å². The number of alkyl carbamates (subject to hydrolysis) is 1. The molecule has 1 aliphatic heterocycles. The summed E-state index contributed by atoms with van der Waals surface area (Å²) in [6.07, 6.45) is 0.442. The number of ether oxygens (including phenoxy) is 2. The lowest BCUT2D eigenvalue weighted by Gasteiger charge is -2.34. The molecule has 0 unspecified atom stereocenters. The molecule has 2 aromatic rings. The molecule has 4 N–H and O–H groups in total. The first kappa shape index (κ1) is 34.3. The third-order valence-corrected chi connectivity index (χ3v) is 7.21. The van der Waals surface area contributed by atoms with Gasteiger partial charge in [0.15, 0.2) is 6.10 Å². The van der Waals surface area contributed by atoms with Crippen molar-refractivity contribution in [2.75, 3.05) is 6.54 Å². The van der Waals surface area contributed by atoms with Crippen molar-refractivity contribution < 1.29 is 33.4 Å². The van der Waals surface area contributed by atoms with Gasteiger partial charge in [0.25, 0.3) is 5.91 Å². The van der Waals surface area contributed by atoms with Crippen molar-refractivity contribution in [1.29, 1.82) is 0 Å². The van der Waals surface area contributed by atoms with E-state index >= 15 is 0 Å². The molecule has 0 radical (unpaired) electrons. The minimum absolute atomic E-state index is 0.268. The van der Waals surface area contributed by atoms with E-state index in [0.29, 0.717) is 32.2 Å². The summed E-state index contributed by atoms with van der Waals surface area (Å²) >= 11 is 0. The molecule has 3 rings (SSSR count). The Kier molecular flexibility index (Phi) is 12.1. The number of benzene rings is 2. The minimum Gasteiger partial charge on any atom is -0.451 e. The quantitative estimate of drug-likeness (QED) is 0.188. The zero-order valence-corrected chi connectivity index (χ0v) is 26.5. The fourth-order valence-corrected chi connectivity index (χ4v) is 4.96. The van der Waals surface area contributed by atoms with Gasteiger partial charge in [-0.05, 0) is 75.6 Å². The third kappa shape index (κ3) is 10.2. The molecule has 0 saturated carbocycles. The molecule has 1 aliphatic rings. The van der Waals surface area contributed by atoms with Crippen molar-refractivity contribution in [3.05, 3.63) is 48.0 Å². The smallest absolute Gasteiger partial charge is 0.408 e. The van der Waals surface area contributed by atoms with E-state index in [9.17, 15) is 24.0 Å². The molecule has 0 aliphatic carbocycles. The number of carbonyl (C=O) groups is 5. The van der Waals surface area contributed by atoms with Gasteiger partial charge in [0.05, 0.1) is 0 Å². The summed E-state index contributed by atoms with van der Waals surface area (Å²) in [7, 11) is 0. The van der Waals surface area contributed by atoms with Gasteiger partial charge in [-0.2, -0.15) is 0 Å². The van der Waals surface area contributed by atoms with Crippen molar-refractivity contribution >= 4 is 40.6 Å². The third-order valence-electron chi connectivity index (χ3n) is 7.21. The molecular formula is C33H46N4O7. The van der Waals surface area contributed by atoms with Crippen LogP contribution in [0.25, 0.3) is 10.8 Å². The maximum absolute atomic E-state index is 13.3. The van der Waals surface area contributed by atoms with Crippen molar-refractivity contribution in [3.8, 4) is 0 Å². The van der Waals surface area contributed by atoms with E-state index in [1.807, 2.05) is 56.3 Å². The molecule has 0 bridgehead atoms. The molecule has 4 amide bonds. The first-order valence-electron chi connectivity index (χ1n) is 15.3. The average Bonchev–Trinajstić information content (AvgIpc) is 2.95. The summed E-state index contributed by atoms with van der Waals surface area (Å²) in [5.41, 5.74) is 0.215. The summed E-state index contributed by atoms with van der Waals surface area (Å²) in [6, 6.07) is 11.9. The van der Waals surface area contributed by atoms with Gasteiger partial charge in [0.1, 0.15) is 23.6 Å². The molecule has 240 valence electrons. The van der Waals surface area contributed by atoms with Crippen LogP contribution in [0.2, 0.25) is 0 Å². The number of rotatable bonds is 14. The molecule has 11 nitrogen and oxygen atoms in total. The van der Waals surface area contributed by atoms with E-state index < -0.39 is 41.7 Å². The number of carbonyl (C=O) groups excluding carboxylic acids is 5. The molecule has 1 heterocycles. The largest absolute Gasteiger partial charge is 0.451 e. The molecule has 0 spiro atoms. The highest BCUT2D eigenvalue weighted by molar-refractivity contribution is 5.94. The Morgan fingerprint density at radius 1 is 0.909 bits per heavy atom. The highest BCUT2D eigenvalue weighted by Gasteiger charge is 2.46. The Bertz CT molecular complexity index is 1330. The zero-order chi connectivity index (χ0) is 32.4. The van der Waals surface area contributed by atoms with Gasteiger partial charge < -0.3 is 30.7 Å². The number of nitrogens with one attached hydrogen (secondary N) is 4. The predicted molar refractivity (Wildman–Crippen MR) is 166 cm³/mol. The molecule has 44 heavy (non-hydrogen) atoms. The molecule has 2 aromatic carbocycles. The number of hydrogen-bond donors (Lipinski definition) is 4. The van der Waals surface area contributed by atoms with Gasteiger partial charge in [-0.3, -0.25) is 19.2 Å². The molecular weight excluding hydrogens is 564 g/mol. The van der Waals surface area contributed by atoms with Crippen molar-refractivity contribution in [2.24, 2.45) is 11.8 Å². The number of hydrogen-bond acceptors (Lipinski definition) is 7. The number of cyclic esters (lactones) is 1. The van der Waals surface area contributed by atoms with Crippen LogP contribution in [0.3, 0.4) is 0 Å². The van der Waals surface area contributed by atoms with Gasteiger partial charge in [-0.1, -0.05) is 56.3 Å². The summed E-state index contributed by atoms with van der Waals surface area (Å²) in [5, 5.41) is 13.1. The van der Waals surface area contributed by atoms with Crippen LogP contribution in [-0.4, -0.2) is 60.1 Å². The van der Waals surface area contributed by atoms with Crippen LogP contribution >= 0.6 is 0 Å². The summed E-state index contributed by atoms with van der Waals surface area (Å²) < 4.78 is 10.3. The van der Waals surface area contributed by atoms with Crippen LogP contribution in [0.1, 0.15) is 72.8 Å². The van der Waals surface area contributed by atoms with Crippen molar-refractivity contribution in [3.63, 3.8) is 0 Å². The van der Waals surface area contributed by atoms with Crippen molar-refractivity contribution in [2.45, 2.75) is 97.6 Å². The standard InChI is InChI=1S/C33H46N4O7/c1-20(2)18-25-27(43-31(25)41)30(40)34-17-10-9-16-26(37-28(38)21(3)36-32(42)44-33(4,5)6)29(39)35-19-23-14-11-13-22-12-7-8-15-24(22)23/h7-8,11-15,20-21,25-27H,9-10,16-19H2,1-6H3,(H,34,40)(H,35,39)(H,36,42)(H,37,38)/t21-,25-,26-,27+/m0/s1. The van der Waals surface area contributed by atoms with Gasteiger partial charge in [-0.25, -0.2) is 4.79 Å². The monoisotopic (exact) mass is 610 g/mol. The minimum atomic E-state index is -0.943. The topological polar surface area (TPSA) is 152 Å². The lowest BCUT2D eigenvalue weighted by molar-refractivity contribution is -0.190. The van der Waals surface area contributed by atoms with Crippen LogP contribution in [0.5, 0.6) is 0 Å². The van der Waals surface area contributed by atoms with Gasteiger partial charge >= 0.3 is 12.1 Å². The zero-order valence-electron chi connectivity index (χ0n) is 26.5. The maximum atomic E-state index is 13.3. The van der Waals surface area contributed by atoms with Crippen LogP contribution < -0.4 is 21.3 Å². The predicted octanol–water partition coefficient (Wildman–Crippen LogP) is 3.73. The Morgan fingerprint density at radius 3 is 2.30 bits per heavy atom. The van der Waals surface area contributed by atoms with E-state index in [4.69, 9.17) is 9.47 Å². The Labute approximate surface area is 259 Å². The fourth-order valence-electron chi connectivity index (χ4n) is 4.96. The molecule has 1 fully saturated rings. The summed E-state index contributed by atoms with van der Waals surface area (Å²) in [4.78, 5) is 62.7. The second kappa shape index (κ2) is 15.5. The molecule has 1 saturated heterocycles. The van der Waals surface area contributed by atoms with Gasteiger partial charge in [0.2, 0.25) is 11.8 Å². The van der Waals surface area contributed by atoms with Gasteiger partial charge in [0, 0.05) is 13.1 Å². The van der Waals surface area contributed by atoms with Crippen LogP contribution in [-0.2, 0) is 35.2 Å². The maximum Gasteiger partial charge on any atom is 0.408 e. The first-order chi connectivity index (χ1) is 20.7. The molecule has 11 heteroatoms.